The first-order chi connectivity index (χ1) is 12.7. The van der Waals surface area contributed by atoms with Gasteiger partial charge in [0.1, 0.15) is 0 Å². The van der Waals surface area contributed by atoms with Gasteiger partial charge in [0, 0.05) is 30.9 Å². The van der Waals surface area contributed by atoms with Gasteiger partial charge in [-0.2, -0.15) is 0 Å². The molecule has 0 aliphatic rings. The summed E-state index contributed by atoms with van der Waals surface area (Å²) in [5.74, 6) is -0.311. The van der Waals surface area contributed by atoms with Crippen LogP contribution in [0.2, 0.25) is 0 Å². The molecule has 0 aliphatic carbocycles. The number of carbonyl (C=O) groups is 1. The first kappa shape index (κ1) is 19.0. The summed E-state index contributed by atoms with van der Waals surface area (Å²) in [5.41, 5.74) is 3.01. The minimum absolute atomic E-state index is 0.168. The lowest BCUT2D eigenvalue weighted by atomic mass is 10.1. The number of para-hydroxylation sites is 1. The van der Waals surface area contributed by atoms with E-state index in [4.69, 9.17) is 0 Å². The van der Waals surface area contributed by atoms with Gasteiger partial charge < -0.3 is 5.32 Å². The van der Waals surface area contributed by atoms with Crippen molar-refractivity contribution in [2.24, 2.45) is 0 Å². The molecule has 0 saturated carbocycles. The SMILES string of the molecule is Cc1cc(C(=O)Nc2ccc(C)c(S(=O)(=O)N(C)C)c2)c2ccccc2n1. The molecule has 0 bridgehead atoms. The Kier molecular flexibility index (Phi) is 4.99. The maximum absolute atomic E-state index is 12.9. The highest BCUT2D eigenvalue weighted by Gasteiger charge is 2.21. The average molecular weight is 383 g/mol. The summed E-state index contributed by atoms with van der Waals surface area (Å²) < 4.78 is 26.1. The number of benzene rings is 2. The van der Waals surface area contributed by atoms with Crippen LogP contribution in [0.1, 0.15) is 21.6 Å². The van der Waals surface area contributed by atoms with Gasteiger partial charge in [0.15, 0.2) is 0 Å². The third kappa shape index (κ3) is 3.70. The second kappa shape index (κ2) is 7.09. The normalized spacial score (nSPS) is 11.7. The van der Waals surface area contributed by atoms with Crippen LogP contribution in [0.15, 0.2) is 53.4 Å². The summed E-state index contributed by atoms with van der Waals surface area (Å²) in [6.45, 7) is 3.55. The standard InChI is InChI=1S/C20H21N3O3S/c1-13-9-10-15(12-19(13)27(25,26)23(3)4)22-20(24)17-11-14(2)21-18-8-6-5-7-16(17)18/h5-12H,1-4H3,(H,22,24). The van der Waals surface area contributed by atoms with E-state index in [0.29, 0.717) is 16.8 Å². The van der Waals surface area contributed by atoms with Gasteiger partial charge in [-0.1, -0.05) is 24.3 Å². The molecule has 3 aromatic rings. The molecule has 0 spiro atoms. The Balaban J connectivity index is 2.01. The van der Waals surface area contributed by atoms with Crippen LogP contribution in [-0.2, 0) is 10.0 Å². The number of nitrogens with zero attached hydrogens (tertiary/aromatic N) is 2. The van der Waals surface area contributed by atoms with Gasteiger partial charge in [-0.25, -0.2) is 12.7 Å². The van der Waals surface area contributed by atoms with Crippen LogP contribution >= 0.6 is 0 Å². The summed E-state index contributed by atoms with van der Waals surface area (Å²) in [4.78, 5) is 17.5. The Hall–Kier alpha value is -2.77. The zero-order chi connectivity index (χ0) is 19.8. The molecule has 0 atom stereocenters. The molecule has 0 saturated heterocycles. The fourth-order valence-corrected chi connectivity index (χ4v) is 3.99. The van der Waals surface area contributed by atoms with Crippen molar-refractivity contribution in [1.82, 2.24) is 9.29 Å². The van der Waals surface area contributed by atoms with Gasteiger partial charge in [-0.15, -0.1) is 0 Å². The van der Waals surface area contributed by atoms with E-state index in [9.17, 15) is 13.2 Å². The quantitative estimate of drug-likeness (QED) is 0.749. The van der Waals surface area contributed by atoms with Crippen molar-refractivity contribution in [2.75, 3.05) is 19.4 Å². The molecule has 0 radical (unpaired) electrons. The molecule has 27 heavy (non-hydrogen) atoms. The van der Waals surface area contributed by atoms with E-state index in [1.807, 2.05) is 31.2 Å². The van der Waals surface area contributed by atoms with Crippen LogP contribution in [0.3, 0.4) is 0 Å². The van der Waals surface area contributed by atoms with Crippen LogP contribution < -0.4 is 5.32 Å². The van der Waals surface area contributed by atoms with Gasteiger partial charge in [0.25, 0.3) is 5.91 Å². The fourth-order valence-electron chi connectivity index (χ4n) is 2.85. The summed E-state index contributed by atoms with van der Waals surface area (Å²) in [5, 5.41) is 3.55. The molecule has 1 amide bonds. The first-order valence-electron chi connectivity index (χ1n) is 8.41. The Morgan fingerprint density at radius 3 is 2.44 bits per heavy atom. The number of anilines is 1. The fraction of sp³-hybridized carbons (Fsp3) is 0.200. The highest BCUT2D eigenvalue weighted by atomic mass is 32.2. The molecular weight excluding hydrogens is 362 g/mol. The third-order valence-corrected chi connectivity index (χ3v) is 6.25. The highest BCUT2D eigenvalue weighted by molar-refractivity contribution is 7.89. The van der Waals surface area contributed by atoms with Crippen LogP contribution in [0.25, 0.3) is 10.9 Å². The molecule has 7 heteroatoms. The van der Waals surface area contributed by atoms with Crippen molar-refractivity contribution in [3.8, 4) is 0 Å². The van der Waals surface area contributed by atoms with E-state index in [2.05, 4.69) is 10.3 Å². The number of carbonyl (C=O) groups excluding carboxylic acids is 1. The van der Waals surface area contributed by atoms with Crippen molar-refractivity contribution >= 4 is 32.5 Å². The largest absolute Gasteiger partial charge is 0.322 e. The monoisotopic (exact) mass is 383 g/mol. The molecule has 140 valence electrons. The number of hydrogen-bond donors (Lipinski definition) is 1. The molecule has 0 fully saturated rings. The van der Waals surface area contributed by atoms with Gasteiger partial charge in [-0.05, 0) is 43.7 Å². The van der Waals surface area contributed by atoms with Crippen molar-refractivity contribution < 1.29 is 13.2 Å². The molecule has 3 rings (SSSR count). The lowest BCUT2D eigenvalue weighted by molar-refractivity contribution is 0.102. The van der Waals surface area contributed by atoms with Crippen molar-refractivity contribution in [2.45, 2.75) is 18.7 Å². The van der Waals surface area contributed by atoms with Gasteiger partial charge in [-0.3, -0.25) is 9.78 Å². The molecule has 2 aromatic carbocycles. The zero-order valence-electron chi connectivity index (χ0n) is 15.6. The van der Waals surface area contributed by atoms with Gasteiger partial charge in [0.2, 0.25) is 10.0 Å². The van der Waals surface area contributed by atoms with E-state index in [1.54, 1.807) is 25.1 Å². The van der Waals surface area contributed by atoms with Crippen LogP contribution in [0.4, 0.5) is 5.69 Å². The second-order valence-corrected chi connectivity index (χ2v) is 8.67. The molecule has 1 heterocycles. The number of amides is 1. The van der Waals surface area contributed by atoms with Crippen molar-refractivity contribution in [3.05, 3.63) is 65.4 Å². The summed E-state index contributed by atoms with van der Waals surface area (Å²) in [7, 11) is -0.644. The number of hydrogen-bond acceptors (Lipinski definition) is 4. The maximum atomic E-state index is 12.9. The van der Waals surface area contributed by atoms with Crippen LogP contribution in [0, 0.1) is 13.8 Å². The van der Waals surface area contributed by atoms with E-state index in [1.165, 1.54) is 20.2 Å². The van der Waals surface area contributed by atoms with Crippen LogP contribution in [-0.4, -0.2) is 37.7 Å². The minimum atomic E-state index is -3.60. The number of sulfonamides is 1. The van der Waals surface area contributed by atoms with Crippen LogP contribution in [0.5, 0.6) is 0 Å². The Morgan fingerprint density at radius 1 is 1.04 bits per heavy atom. The van der Waals surface area contributed by atoms with E-state index < -0.39 is 10.0 Å². The van der Waals surface area contributed by atoms with Crippen molar-refractivity contribution in [1.29, 1.82) is 0 Å². The average Bonchev–Trinajstić information content (AvgIpc) is 2.62. The summed E-state index contributed by atoms with van der Waals surface area (Å²) >= 11 is 0. The zero-order valence-corrected chi connectivity index (χ0v) is 16.5. The maximum Gasteiger partial charge on any atom is 0.256 e. The first-order valence-corrected chi connectivity index (χ1v) is 9.85. The number of aromatic nitrogens is 1. The molecular formula is C20H21N3O3S. The van der Waals surface area contributed by atoms with Gasteiger partial charge >= 0.3 is 0 Å². The van der Waals surface area contributed by atoms with E-state index >= 15 is 0 Å². The lowest BCUT2D eigenvalue weighted by Gasteiger charge is -2.15. The molecule has 0 aliphatic heterocycles. The van der Waals surface area contributed by atoms with Gasteiger partial charge in [0.05, 0.1) is 16.0 Å². The molecule has 6 nitrogen and oxygen atoms in total. The topological polar surface area (TPSA) is 79.4 Å². The minimum Gasteiger partial charge on any atom is -0.322 e. The lowest BCUT2D eigenvalue weighted by Crippen LogP contribution is -2.23. The van der Waals surface area contributed by atoms with E-state index in [-0.39, 0.29) is 10.8 Å². The Morgan fingerprint density at radius 2 is 1.74 bits per heavy atom. The Labute approximate surface area is 158 Å². The highest BCUT2D eigenvalue weighted by Crippen LogP contribution is 2.24. The molecule has 1 aromatic heterocycles. The number of nitrogens with one attached hydrogen (secondary N) is 1. The second-order valence-electron chi connectivity index (χ2n) is 6.55. The predicted molar refractivity (Wildman–Crippen MR) is 106 cm³/mol. The number of pyridine rings is 1. The smallest absolute Gasteiger partial charge is 0.256 e. The van der Waals surface area contributed by atoms with E-state index in [0.717, 1.165) is 20.9 Å². The number of fused-ring (bicyclic) bond motifs is 1. The summed E-state index contributed by atoms with van der Waals surface area (Å²) in [6, 6.07) is 14.0. The van der Waals surface area contributed by atoms with Crippen molar-refractivity contribution in [3.63, 3.8) is 0 Å². The molecule has 1 N–H and O–H groups in total. The number of aryl methyl sites for hydroxylation is 2. The Bertz CT molecular complexity index is 1140. The third-order valence-electron chi connectivity index (χ3n) is 4.29. The predicted octanol–water partition coefficient (Wildman–Crippen LogP) is 3.35. The molecule has 0 unspecified atom stereocenters. The summed E-state index contributed by atoms with van der Waals surface area (Å²) in [6.07, 6.45) is 0. The number of rotatable bonds is 4.